The van der Waals surface area contributed by atoms with Gasteiger partial charge in [0.15, 0.2) is 0 Å². The number of β-amino-alcohol motifs (C(OH)–C–C–N with tert-alkyl or cyclic N) is 1. The van der Waals surface area contributed by atoms with Crippen LogP contribution in [0.15, 0.2) is 18.2 Å². The van der Waals surface area contributed by atoms with E-state index in [1.54, 1.807) is 0 Å². The molecule has 1 aromatic carbocycles. The Morgan fingerprint density at radius 2 is 1.80 bits per heavy atom. The van der Waals surface area contributed by atoms with E-state index in [1.807, 2.05) is 26.8 Å². The second kappa shape index (κ2) is 6.12. The average molecular weight is 278 g/mol. The number of aryl methyl sites for hydroxylation is 1. The Bertz CT molecular complexity index is 446. The van der Waals surface area contributed by atoms with Crippen molar-refractivity contribution in [2.45, 2.75) is 33.0 Å². The Balaban J connectivity index is 1.95. The number of anilines is 1. The highest BCUT2D eigenvalue weighted by atomic mass is 16.3. The number of benzene rings is 1. The van der Waals surface area contributed by atoms with E-state index >= 15 is 0 Å². The van der Waals surface area contributed by atoms with Gasteiger partial charge in [-0.25, -0.2) is 0 Å². The molecule has 20 heavy (non-hydrogen) atoms. The van der Waals surface area contributed by atoms with Gasteiger partial charge in [0, 0.05) is 38.4 Å². The maximum Gasteiger partial charge on any atom is 0.0718 e. The number of nitrogens with zero attached hydrogens (tertiary/aromatic N) is 2. The number of hydrogen-bond donors (Lipinski definition) is 2. The molecule has 4 nitrogen and oxygen atoms in total. The number of hydrogen-bond acceptors (Lipinski definition) is 4. The monoisotopic (exact) mass is 278 g/mol. The molecule has 1 fully saturated rings. The van der Waals surface area contributed by atoms with Gasteiger partial charge in [-0.05, 0) is 44.0 Å². The summed E-state index contributed by atoms with van der Waals surface area (Å²) in [4.78, 5) is 4.68. The molecule has 0 aliphatic carbocycles. The highest BCUT2D eigenvalue weighted by Gasteiger charge is 2.22. The first-order valence-electron chi connectivity index (χ1n) is 7.29. The number of aliphatic hydroxyl groups excluding tert-OH is 1. The molecule has 1 aliphatic heterocycles. The summed E-state index contributed by atoms with van der Waals surface area (Å²) in [6.45, 7) is 10.5. The zero-order chi connectivity index (χ0) is 14.8. The van der Waals surface area contributed by atoms with Gasteiger partial charge in [0.25, 0.3) is 0 Å². The van der Waals surface area contributed by atoms with E-state index in [2.05, 4.69) is 21.9 Å². The van der Waals surface area contributed by atoms with E-state index in [-0.39, 0.29) is 6.61 Å². The summed E-state index contributed by atoms with van der Waals surface area (Å²) in [5.74, 6) is 0. The average Bonchev–Trinajstić information content (AvgIpc) is 2.37. The van der Waals surface area contributed by atoms with Crippen LogP contribution in [0.3, 0.4) is 0 Å². The standard InChI is InChI=1S/C16H26N2O2/c1-13-10-15(5-4-14(13)11-19)18-8-6-17(7-9-18)12-16(2,3)20/h4-5,10,19-20H,6-9,11-12H2,1-3H3. The summed E-state index contributed by atoms with van der Waals surface area (Å²) in [6, 6.07) is 6.25. The topological polar surface area (TPSA) is 46.9 Å². The lowest BCUT2D eigenvalue weighted by molar-refractivity contribution is 0.0345. The van der Waals surface area contributed by atoms with Crippen LogP contribution in [0.4, 0.5) is 5.69 Å². The van der Waals surface area contributed by atoms with Crippen molar-refractivity contribution < 1.29 is 10.2 Å². The fraction of sp³-hybridized carbons (Fsp3) is 0.625. The predicted octanol–water partition coefficient (Wildman–Crippen LogP) is 1.38. The van der Waals surface area contributed by atoms with E-state index in [4.69, 9.17) is 0 Å². The first-order chi connectivity index (χ1) is 9.39. The maximum absolute atomic E-state index is 9.87. The van der Waals surface area contributed by atoms with Crippen LogP contribution in [0.1, 0.15) is 25.0 Å². The SMILES string of the molecule is Cc1cc(N2CCN(CC(C)(C)O)CC2)ccc1CO. The molecule has 0 radical (unpaired) electrons. The van der Waals surface area contributed by atoms with E-state index in [0.29, 0.717) is 0 Å². The number of rotatable bonds is 4. The first-order valence-corrected chi connectivity index (χ1v) is 7.29. The highest BCUT2D eigenvalue weighted by Crippen LogP contribution is 2.21. The quantitative estimate of drug-likeness (QED) is 0.873. The molecule has 1 aromatic rings. The lowest BCUT2D eigenvalue weighted by atomic mass is 10.1. The van der Waals surface area contributed by atoms with Crippen molar-refractivity contribution in [3.8, 4) is 0 Å². The van der Waals surface area contributed by atoms with Gasteiger partial charge in [-0.2, -0.15) is 0 Å². The Morgan fingerprint density at radius 3 is 2.30 bits per heavy atom. The van der Waals surface area contributed by atoms with Crippen molar-refractivity contribution >= 4 is 5.69 Å². The van der Waals surface area contributed by atoms with Crippen LogP contribution in [0, 0.1) is 6.92 Å². The van der Waals surface area contributed by atoms with E-state index in [1.165, 1.54) is 5.69 Å². The third-order valence-corrected chi connectivity index (χ3v) is 3.84. The van der Waals surface area contributed by atoms with Crippen LogP contribution >= 0.6 is 0 Å². The maximum atomic E-state index is 9.87. The molecule has 112 valence electrons. The van der Waals surface area contributed by atoms with Crippen LogP contribution in [-0.4, -0.2) is 53.4 Å². The molecule has 1 heterocycles. The van der Waals surface area contributed by atoms with Gasteiger partial charge in [0.2, 0.25) is 0 Å². The van der Waals surface area contributed by atoms with Crippen molar-refractivity contribution in [3.63, 3.8) is 0 Å². The Kier molecular flexibility index (Phi) is 4.68. The molecule has 0 saturated carbocycles. The van der Waals surface area contributed by atoms with Gasteiger partial charge >= 0.3 is 0 Å². The van der Waals surface area contributed by atoms with Gasteiger partial charge in [-0.1, -0.05) is 6.07 Å². The van der Waals surface area contributed by atoms with E-state index in [0.717, 1.165) is 43.9 Å². The van der Waals surface area contributed by atoms with Crippen LogP contribution in [0.2, 0.25) is 0 Å². The minimum atomic E-state index is -0.623. The van der Waals surface area contributed by atoms with E-state index < -0.39 is 5.60 Å². The molecule has 2 rings (SSSR count). The van der Waals surface area contributed by atoms with E-state index in [9.17, 15) is 10.2 Å². The summed E-state index contributed by atoms with van der Waals surface area (Å²) in [5.41, 5.74) is 2.74. The van der Waals surface area contributed by atoms with Crippen LogP contribution < -0.4 is 4.90 Å². The minimum Gasteiger partial charge on any atom is -0.392 e. The molecule has 2 N–H and O–H groups in total. The van der Waals surface area contributed by atoms with Crippen LogP contribution in [0.5, 0.6) is 0 Å². The fourth-order valence-corrected chi connectivity index (χ4v) is 2.77. The third kappa shape index (κ3) is 3.95. The summed E-state index contributed by atoms with van der Waals surface area (Å²) in [5, 5.41) is 19.1. The zero-order valence-corrected chi connectivity index (χ0v) is 12.8. The summed E-state index contributed by atoms with van der Waals surface area (Å²) in [7, 11) is 0. The molecular weight excluding hydrogens is 252 g/mol. The second-order valence-corrected chi connectivity index (χ2v) is 6.34. The van der Waals surface area contributed by atoms with Crippen LogP contribution in [-0.2, 0) is 6.61 Å². The summed E-state index contributed by atoms with van der Waals surface area (Å²) in [6.07, 6.45) is 0. The first kappa shape index (κ1) is 15.3. The molecule has 0 bridgehead atoms. The van der Waals surface area contributed by atoms with Crippen molar-refractivity contribution in [3.05, 3.63) is 29.3 Å². The predicted molar refractivity (Wildman–Crippen MR) is 82.1 cm³/mol. The van der Waals surface area contributed by atoms with Gasteiger partial charge in [0.05, 0.1) is 12.2 Å². The molecule has 0 atom stereocenters. The molecular formula is C16H26N2O2. The number of aliphatic hydroxyl groups is 2. The number of piperazine rings is 1. The minimum absolute atomic E-state index is 0.103. The Morgan fingerprint density at radius 1 is 1.15 bits per heavy atom. The molecule has 0 amide bonds. The van der Waals surface area contributed by atoms with Gasteiger partial charge in [-0.15, -0.1) is 0 Å². The van der Waals surface area contributed by atoms with Gasteiger partial charge in [0.1, 0.15) is 0 Å². The summed E-state index contributed by atoms with van der Waals surface area (Å²) >= 11 is 0. The normalized spacial score (nSPS) is 17.6. The smallest absolute Gasteiger partial charge is 0.0718 e. The lowest BCUT2D eigenvalue weighted by Crippen LogP contribution is -2.50. The molecule has 0 aromatic heterocycles. The lowest BCUT2D eigenvalue weighted by Gasteiger charge is -2.38. The van der Waals surface area contributed by atoms with Crippen molar-refractivity contribution in [2.75, 3.05) is 37.6 Å². The van der Waals surface area contributed by atoms with Crippen molar-refractivity contribution in [1.29, 1.82) is 0 Å². The third-order valence-electron chi connectivity index (χ3n) is 3.84. The highest BCUT2D eigenvalue weighted by molar-refractivity contribution is 5.51. The Labute approximate surface area is 121 Å². The van der Waals surface area contributed by atoms with Crippen LogP contribution in [0.25, 0.3) is 0 Å². The van der Waals surface area contributed by atoms with Crippen molar-refractivity contribution in [1.82, 2.24) is 4.90 Å². The van der Waals surface area contributed by atoms with Gasteiger partial charge < -0.3 is 15.1 Å². The molecule has 4 heteroatoms. The Hall–Kier alpha value is -1.10. The van der Waals surface area contributed by atoms with Crippen molar-refractivity contribution in [2.24, 2.45) is 0 Å². The molecule has 1 saturated heterocycles. The molecule has 0 spiro atoms. The fourth-order valence-electron chi connectivity index (χ4n) is 2.77. The second-order valence-electron chi connectivity index (χ2n) is 6.34. The summed E-state index contributed by atoms with van der Waals surface area (Å²) < 4.78 is 0. The molecule has 1 aliphatic rings. The van der Waals surface area contributed by atoms with Gasteiger partial charge in [-0.3, -0.25) is 4.90 Å². The zero-order valence-electron chi connectivity index (χ0n) is 12.8. The largest absolute Gasteiger partial charge is 0.392 e. The molecule has 0 unspecified atom stereocenters.